The van der Waals surface area contributed by atoms with Gasteiger partial charge in [-0.05, 0) is 30.3 Å². The molecule has 0 fully saturated rings. The first kappa shape index (κ1) is 13.7. The van der Waals surface area contributed by atoms with Crippen molar-refractivity contribution in [2.24, 2.45) is 0 Å². The molecule has 0 atom stereocenters. The van der Waals surface area contributed by atoms with E-state index in [1.54, 1.807) is 18.2 Å². The van der Waals surface area contributed by atoms with Crippen LogP contribution in [-0.4, -0.2) is 9.55 Å². The lowest BCUT2D eigenvalue weighted by molar-refractivity contribution is 0.629. The Balaban J connectivity index is 2.30. The maximum Gasteiger partial charge on any atom is 0.129 e. The van der Waals surface area contributed by atoms with E-state index in [0.717, 1.165) is 11.2 Å². The van der Waals surface area contributed by atoms with Gasteiger partial charge >= 0.3 is 0 Å². The van der Waals surface area contributed by atoms with Crippen LogP contribution in [0.1, 0.15) is 5.82 Å². The Morgan fingerprint density at radius 3 is 2.55 bits per heavy atom. The zero-order valence-electron chi connectivity index (χ0n) is 10.1. The number of imidazole rings is 1. The van der Waals surface area contributed by atoms with Crippen LogP contribution in [-0.2, 0) is 5.88 Å². The van der Waals surface area contributed by atoms with Gasteiger partial charge in [0.25, 0.3) is 0 Å². The van der Waals surface area contributed by atoms with Gasteiger partial charge in [-0.2, -0.15) is 0 Å². The van der Waals surface area contributed by atoms with Crippen molar-refractivity contribution in [3.63, 3.8) is 0 Å². The van der Waals surface area contributed by atoms with E-state index in [1.165, 1.54) is 12.1 Å². The highest BCUT2D eigenvalue weighted by atomic mass is 35.5. The van der Waals surface area contributed by atoms with Gasteiger partial charge in [0.1, 0.15) is 11.6 Å². The minimum absolute atomic E-state index is 0.205. The molecule has 2 aromatic carbocycles. The summed E-state index contributed by atoms with van der Waals surface area (Å²) in [5.41, 5.74) is 2.09. The van der Waals surface area contributed by atoms with Crippen molar-refractivity contribution in [3.8, 4) is 5.69 Å². The van der Waals surface area contributed by atoms with Gasteiger partial charge in [0.2, 0.25) is 0 Å². The Hall–Kier alpha value is -1.29. The first-order valence-electron chi connectivity index (χ1n) is 5.78. The van der Waals surface area contributed by atoms with Crippen molar-refractivity contribution in [2.45, 2.75) is 5.88 Å². The van der Waals surface area contributed by atoms with E-state index in [1.807, 2.05) is 10.6 Å². The third-order valence-corrected chi connectivity index (χ3v) is 3.94. The molecule has 3 aromatic rings. The highest BCUT2D eigenvalue weighted by molar-refractivity contribution is 6.42. The average molecular weight is 330 g/mol. The first-order valence-corrected chi connectivity index (χ1v) is 7.07. The molecule has 0 N–H and O–H groups in total. The van der Waals surface area contributed by atoms with E-state index in [2.05, 4.69) is 4.98 Å². The van der Waals surface area contributed by atoms with Gasteiger partial charge in [0.05, 0.1) is 27.0 Å². The Morgan fingerprint density at radius 2 is 1.85 bits per heavy atom. The average Bonchev–Trinajstić information content (AvgIpc) is 2.79. The fourth-order valence-electron chi connectivity index (χ4n) is 2.11. The molecule has 2 nitrogen and oxygen atoms in total. The van der Waals surface area contributed by atoms with Crippen LogP contribution in [0.25, 0.3) is 16.7 Å². The summed E-state index contributed by atoms with van der Waals surface area (Å²) in [6, 6.07) is 9.66. The topological polar surface area (TPSA) is 17.8 Å². The molecule has 0 bridgehead atoms. The number of fused-ring (bicyclic) bond motifs is 1. The van der Waals surface area contributed by atoms with Crippen LogP contribution in [0.15, 0.2) is 36.4 Å². The highest BCUT2D eigenvalue weighted by Gasteiger charge is 2.13. The number of benzene rings is 2. The quantitative estimate of drug-likeness (QED) is 0.590. The van der Waals surface area contributed by atoms with Crippen molar-refractivity contribution in [2.75, 3.05) is 0 Å². The second-order valence-electron chi connectivity index (χ2n) is 4.23. The second kappa shape index (κ2) is 5.24. The minimum Gasteiger partial charge on any atom is -0.295 e. The van der Waals surface area contributed by atoms with Crippen LogP contribution >= 0.6 is 34.8 Å². The van der Waals surface area contributed by atoms with E-state index in [-0.39, 0.29) is 11.7 Å². The number of halogens is 4. The summed E-state index contributed by atoms with van der Waals surface area (Å²) in [4.78, 5) is 4.34. The summed E-state index contributed by atoms with van der Waals surface area (Å²) < 4.78 is 15.1. The SMILES string of the molecule is Fc1ccc2c(c1)nc(CCl)n2-c1ccc(Cl)c(Cl)c1. The number of alkyl halides is 1. The van der Waals surface area contributed by atoms with Crippen LogP contribution < -0.4 is 0 Å². The van der Waals surface area contributed by atoms with Gasteiger partial charge in [-0.15, -0.1) is 11.6 Å². The van der Waals surface area contributed by atoms with Crippen molar-refractivity contribution in [1.82, 2.24) is 9.55 Å². The molecule has 0 radical (unpaired) electrons. The predicted octanol–water partition coefficient (Wildman–Crippen LogP) is 5.21. The van der Waals surface area contributed by atoms with Crippen molar-refractivity contribution >= 4 is 45.8 Å². The fourth-order valence-corrected chi connectivity index (χ4v) is 2.58. The summed E-state index contributed by atoms with van der Waals surface area (Å²) in [5, 5.41) is 0.909. The number of nitrogens with zero attached hydrogens (tertiary/aromatic N) is 2. The summed E-state index contributed by atoms with van der Waals surface area (Å²) in [5.74, 6) is 0.486. The Kier molecular flexibility index (Phi) is 3.59. The predicted molar refractivity (Wildman–Crippen MR) is 80.6 cm³/mol. The first-order chi connectivity index (χ1) is 9.60. The van der Waals surface area contributed by atoms with Gasteiger partial charge in [-0.3, -0.25) is 4.57 Å². The van der Waals surface area contributed by atoms with Gasteiger partial charge in [0, 0.05) is 11.8 Å². The lowest BCUT2D eigenvalue weighted by atomic mass is 10.2. The molecule has 0 unspecified atom stereocenters. The molecule has 6 heteroatoms. The molecular formula is C14H8Cl3FN2. The van der Waals surface area contributed by atoms with Gasteiger partial charge in [0.15, 0.2) is 0 Å². The number of rotatable bonds is 2. The smallest absolute Gasteiger partial charge is 0.129 e. The van der Waals surface area contributed by atoms with Crippen LogP contribution in [0.2, 0.25) is 10.0 Å². The molecule has 1 aromatic heterocycles. The lowest BCUT2D eigenvalue weighted by Gasteiger charge is -2.08. The Labute approximate surface area is 129 Å². The molecule has 0 saturated carbocycles. The van der Waals surface area contributed by atoms with Crippen molar-refractivity contribution < 1.29 is 4.39 Å². The van der Waals surface area contributed by atoms with Gasteiger partial charge in [-0.25, -0.2) is 9.37 Å². The van der Waals surface area contributed by atoms with Crippen LogP contribution in [0, 0.1) is 5.82 Å². The number of hydrogen-bond donors (Lipinski definition) is 0. The third-order valence-electron chi connectivity index (χ3n) is 2.97. The monoisotopic (exact) mass is 328 g/mol. The fraction of sp³-hybridized carbons (Fsp3) is 0.0714. The summed E-state index contributed by atoms with van der Waals surface area (Å²) >= 11 is 17.9. The molecule has 0 amide bonds. The third kappa shape index (κ3) is 2.26. The molecule has 1 heterocycles. The lowest BCUT2D eigenvalue weighted by Crippen LogP contribution is -1.99. The van der Waals surface area contributed by atoms with Crippen molar-refractivity contribution in [1.29, 1.82) is 0 Å². The normalized spacial score (nSPS) is 11.2. The molecule has 0 saturated heterocycles. The summed E-state index contributed by atoms with van der Waals surface area (Å²) in [7, 11) is 0. The minimum atomic E-state index is -0.336. The highest BCUT2D eigenvalue weighted by Crippen LogP contribution is 2.28. The largest absolute Gasteiger partial charge is 0.295 e. The molecule has 0 aliphatic heterocycles. The standard InChI is InChI=1S/C14H8Cl3FN2/c15-7-14-19-12-5-8(18)1-4-13(12)20(14)9-2-3-10(16)11(17)6-9/h1-6H,7H2. The zero-order chi connectivity index (χ0) is 14.3. The molecule has 0 spiro atoms. The molecule has 3 rings (SSSR count). The molecule has 0 aliphatic rings. The second-order valence-corrected chi connectivity index (χ2v) is 5.31. The number of aromatic nitrogens is 2. The molecule has 102 valence electrons. The van der Waals surface area contributed by atoms with Crippen LogP contribution in [0.4, 0.5) is 4.39 Å². The van der Waals surface area contributed by atoms with E-state index < -0.39 is 0 Å². The summed E-state index contributed by atoms with van der Waals surface area (Å²) in [6.07, 6.45) is 0. The van der Waals surface area contributed by atoms with Crippen molar-refractivity contribution in [3.05, 3.63) is 58.1 Å². The Morgan fingerprint density at radius 1 is 1.05 bits per heavy atom. The maximum atomic E-state index is 13.3. The maximum absolute atomic E-state index is 13.3. The van der Waals surface area contributed by atoms with E-state index in [9.17, 15) is 4.39 Å². The molecule has 0 aliphatic carbocycles. The zero-order valence-corrected chi connectivity index (χ0v) is 12.3. The van der Waals surface area contributed by atoms with Crippen LogP contribution in [0.3, 0.4) is 0 Å². The van der Waals surface area contributed by atoms with Crippen LogP contribution in [0.5, 0.6) is 0 Å². The Bertz CT molecular complexity index is 798. The number of hydrogen-bond acceptors (Lipinski definition) is 1. The van der Waals surface area contributed by atoms with E-state index >= 15 is 0 Å². The van der Waals surface area contributed by atoms with E-state index in [4.69, 9.17) is 34.8 Å². The molecule has 20 heavy (non-hydrogen) atoms. The van der Waals surface area contributed by atoms with Gasteiger partial charge in [-0.1, -0.05) is 23.2 Å². The van der Waals surface area contributed by atoms with Gasteiger partial charge < -0.3 is 0 Å². The molecular weight excluding hydrogens is 322 g/mol. The summed E-state index contributed by atoms with van der Waals surface area (Å²) in [6.45, 7) is 0. The van der Waals surface area contributed by atoms with E-state index in [0.29, 0.717) is 21.4 Å².